The summed E-state index contributed by atoms with van der Waals surface area (Å²) in [4.78, 5) is 12.9. The predicted octanol–water partition coefficient (Wildman–Crippen LogP) is 2.30. The molecule has 0 atom stereocenters. The van der Waals surface area contributed by atoms with E-state index in [1.54, 1.807) is 24.3 Å². The van der Waals surface area contributed by atoms with Crippen LogP contribution in [0.2, 0.25) is 0 Å². The van der Waals surface area contributed by atoms with Crippen molar-refractivity contribution in [3.8, 4) is 11.8 Å². The van der Waals surface area contributed by atoms with Gasteiger partial charge >= 0.3 is 6.18 Å². The Labute approximate surface area is 121 Å². The van der Waals surface area contributed by atoms with Crippen LogP contribution in [0.15, 0.2) is 24.3 Å². The molecule has 2 N–H and O–H groups in total. The van der Waals surface area contributed by atoms with E-state index in [1.807, 2.05) is 0 Å². The van der Waals surface area contributed by atoms with E-state index in [-0.39, 0.29) is 13.1 Å². The molecule has 0 spiro atoms. The smallest absolute Gasteiger partial charge is 0.341 e. The van der Waals surface area contributed by atoms with Gasteiger partial charge in [-0.15, -0.1) is 0 Å². The molecule has 0 fully saturated rings. The summed E-state index contributed by atoms with van der Waals surface area (Å²) in [5.74, 6) is 5.06. The highest BCUT2D eigenvalue weighted by atomic mass is 19.4. The average molecular weight is 298 g/mol. The number of nitrogens with zero attached hydrogens (tertiary/aromatic N) is 1. The van der Waals surface area contributed by atoms with E-state index in [2.05, 4.69) is 11.8 Å². The van der Waals surface area contributed by atoms with E-state index < -0.39 is 24.9 Å². The third kappa shape index (κ3) is 6.82. The molecule has 1 amide bonds. The Hall–Kier alpha value is -2.00. The SMILES string of the molecule is CN(Cc1ccc(C#CCN)cc1)C(=O)CCC(F)(F)F. The van der Waals surface area contributed by atoms with Crippen LogP contribution >= 0.6 is 0 Å². The van der Waals surface area contributed by atoms with Gasteiger partial charge in [0.05, 0.1) is 13.0 Å². The van der Waals surface area contributed by atoms with Gasteiger partial charge in [0, 0.05) is 25.6 Å². The minimum absolute atomic E-state index is 0.265. The van der Waals surface area contributed by atoms with Gasteiger partial charge in [-0.05, 0) is 17.7 Å². The summed E-state index contributed by atoms with van der Waals surface area (Å²) < 4.78 is 36.2. The van der Waals surface area contributed by atoms with Gasteiger partial charge in [0.2, 0.25) is 5.91 Å². The fourth-order valence-corrected chi connectivity index (χ4v) is 1.65. The van der Waals surface area contributed by atoms with E-state index in [0.717, 1.165) is 11.1 Å². The third-order valence-electron chi connectivity index (χ3n) is 2.76. The molecule has 0 aliphatic heterocycles. The maximum atomic E-state index is 12.1. The van der Waals surface area contributed by atoms with Crippen molar-refractivity contribution in [1.29, 1.82) is 0 Å². The monoisotopic (exact) mass is 298 g/mol. The lowest BCUT2D eigenvalue weighted by molar-refractivity contribution is -0.148. The maximum Gasteiger partial charge on any atom is 0.389 e. The van der Waals surface area contributed by atoms with Crippen LogP contribution in [0.25, 0.3) is 0 Å². The van der Waals surface area contributed by atoms with Crippen LogP contribution in [-0.2, 0) is 11.3 Å². The second kappa shape index (κ2) is 7.70. The van der Waals surface area contributed by atoms with E-state index in [0.29, 0.717) is 0 Å². The number of hydrogen-bond acceptors (Lipinski definition) is 2. The second-order valence-electron chi connectivity index (χ2n) is 4.57. The Balaban J connectivity index is 2.54. The Morgan fingerprint density at radius 1 is 1.29 bits per heavy atom. The molecule has 1 rings (SSSR count). The zero-order valence-electron chi connectivity index (χ0n) is 11.7. The zero-order chi connectivity index (χ0) is 15.9. The molecule has 0 saturated heterocycles. The molecule has 0 unspecified atom stereocenters. The molecule has 3 nitrogen and oxygen atoms in total. The normalized spacial score (nSPS) is 10.7. The number of benzene rings is 1. The van der Waals surface area contributed by atoms with Gasteiger partial charge in [-0.2, -0.15) is 13.2 Å². The van der Waals surface area contributed by atoms with E-state index in [4.69, 9.17) is 5.73 Å². The highest BCUT2D eigenvalue weighted by Gasteiger charge is 2.28. The molecular weight excluding hydrogens is 281 g/mol. The van der Waals surface area contributed by atoms with Crippen molar-refractivity contribution < 1.29 is 18.0 Å². The third-order valence-corrected chi connectivity index (χ3v) is 2.76. The summed E-state index contributed by atoms with van der Waals surface area (Å²) in [6, 6.07) is 7.14. The molecule has 1 aromatic carbocycles. The molecule has 114 valence electrons. The minimum atomic E-state index is -4.31. The van der Waals surface area contributed by atoms with Crippen molar-refractivity contribution in [3.05, 3.63) is 35.4 Å². The van der Waals surface area contributed by atoms with Gasteiger partial charge in [-0.25, -0.2) is 0 Å². The number of rotatable bonds is 4. The fourth-order valence-electron chi connectivity index (χ4n) is 1.65. The molecule has 0 heterocycles. The summed E-state index contributed by atoms with van der Waals surface area (Å²) >= 11 is 0. The maximum absolute atomic E-state index is 12.1. The van der Waals surface area contributed by atoms with E-state index >= 15 is 0 Å². The first-order valence-electron chi connectivity index (χ1n) is 6.40. The molecule has 6 heteroatoms. The lowest BCUT2D eigenvalue weighted by Gasteiger charge is -2.17. The van der Waals surface area contributed by atoms with Crippen molar-refractivity contribution in [1.82, 2.24) is 4.90 Å². The minimum Gasteiger partial charge on any atom is -0.341 e. The van der Waals surface area contributed by atoms with Gasteiger partial charge < -0.3 is 10.6 Å². The van der Waals surface area contributed by atoms with Crippen LogP contribution in [-0.4, -0.2) is 30.6 Å². The molecule has 0 aliphatic rings. The van der Waals surface area contributed by atoms with Crippen LogP contribution in [0.3, 0.4) is 0 Å². The quantitative estimate of drug-likeness (QED) is 0.867. The lowest BCUT2D eigenvalue weighted by atomic mass is 10.1. The van der Waals surface area contributed by atoms with Crippen LogP contribution < -0.4 is 5.73 Å². The summed E-state index contributed by atoms with van der Waals surface area (Å²) in [6.45, 7) is 0.541. The second-order valence-corrected chi connectivity index (χ2v) is 4.57. The Morgan fingerprint density at radius 2 is 1.90 bits per heavy atom. The van der Waals surface area contributed by atoms with Gasteiger partial charge in [0.25, 0.3) is 0 Å². The zero-order valence-corrected chi connectivity index (χ0v) is 11.7. The van der Waals surface area contributed by atoms with Crippen LogP contribution in [0, 0.1) is 11.8 Å². The van der Waals surface area contributed by atoms with Crippen molar-refractivity contribution in [2.45, 2.75) is 25.6 Å². The molecule has 0 radical (unpaired) electrons. The van der Waals surface area contributed by atoms with Gasteiger partial charge in [-0.3, -0.25) is 4.79 Å². The predicted molar refractivity (Wildman–Crippen MR) is 74.1 cm³/mol. The summed E-state index contributed by atoms with van der Waals surface area (Å²) in [6.07, 6.45) is -5.93. The van der Waals surface area contributed by atoms with E-state index in [9.17, 15) is 18.0 Å². The van der Waals surface area contributed by atoms with Crippen LogP contribution in [0.5, 0.6) is 0 Å². The topological polar surface area (TPSA) is 46.3 Å². The molecule has 21 heavy (non-hydrogen) atoms. The molecule has 1 aromatic rings. The van der Waals surface area contributed by atoms with Gasteiger partial charge in [0.1, 0.15) is 0 Å². The van der Waals surface area contributed by atoms with Crippen molar-refractivity contribution in [2.75, 3.05) is 13.6 Å². The Bertz CT molecular complexity index is 527. The van der Waals surface area contributed by atoms with Crippen molar-refractivity contribution in [3.63, 3.8) is 0 Å². The molecule has 0 aromatic heterocycles. The van der Waals surface area contributed by atoms with E-state index in [1.165, 1.54) is 11.9 Å². The first kappa shape index (κ1) is 17.1. The number of alkyl halides is 3. The van der Waals surface area contributed by atoms with Crippen molar-refractivity contribution in [2.24, 2.45) is 5.73 Å². The van der Waals surface area contributed by atoms with Crippen LogP contribution in [0.4, 0.5) is 13.2 Å². The highest BCUT2D eigenvalue weighted by Crippen LogP contribution is 2.21. The number of nitrogens with two attached hydrogens (primary N) is 1. The molecule has 0 saturated carbocycles. The number of carbonyl (C=O) groups is 1. The summed E-state index contributed by atoms with van der Waals surface area (Å²) in [5.41, 5.74) is 6.90. The number of hydrogen-bond donors (Lipinski definition) is 1. The average Bonchev–Trinajstić information content (AvgIpc) is 2.43. The van der Waals surface area contributed by atoms with Gasteiger partial charge in [0.15, 0.2) is 0 Å². The van der Waals surface area contributed by atoms with Crippen LogP contribution in [0.1, 0.15) is 24.0 Å². The highest BCUT2D eigenvalue weighted by molar-refractivity contribution is 5.75. The fraction of sp³-hybridized carbons (Fsp3) is 0.400. The lowest BCUT2D eigenvalue weighted by Crippen LogP contribution is -2.27. The largest absolute Gasteiger partial charge is 0.389 e. The summed E-state index contributed by atoms with van der Waals surface area (Å²) in [5, 5.41) is 0. The summed E-state index contributed by atoms with van der Waals surface area (Å²) in [7, 11) is 1.49. The molecular formula is C15H17F3N2O. The van der Waals surface area contributed by atoms with Crippen molar-refractivity contribution >= 4 is 5.91 Å². The Kier molecular flexibility index (Phi) is 6.25. The Morgan fingerprint density at radius 3 is 2.43 bits per heavy atom. The number of amides is 1. The van der Waals surface area contributed by atoms with Gasteiger partial charge in [-0.1, -0.05) is 24.0 Å². The number of halogens is 3. The first-order valence-corrected chi connectivity index (χ1v) is 6.40. The molecule has 0 bridgehead atoms. The standard InChI is InChI=1S/C15H17F3N2O/c1-20(14(21)8-9-15(16,17)18)11-13-6-4-12(5-7-13)3-2-10-19/h4-7H,8-11,19H2,1H3. The number of carbonyl (C=O) groups excluding carboxylic acids is 1. The molecule has 0 aliphatic carbocycles. The first-order chi connectivity index (χ1) is 9.81.